The summed E-state index contributed by atoms with van der Waals surface area (Å²) in [4.78, 5) is 12.5. The number of benzene rings is 3. The predicted molar refractivity (Wildman–Crippen MR) is 120 cm³/mol. The number of hydrogen-bond acceptors (Lipinski definition) is 3. The van der Waals surface area contributed by atoms with Crippen LogP contribution >= 0.6 is 0 Å². The molecule has 0 saturated heterocycles. The van der Waals surface area contributed by atoms with Crippen LogP contribution in [0.15, 0.2) is 77.7 Å². The maximum atomic E-state index is 12.7. The maximum absolute atomic E-state index is 12.7. The van der Waals surface area contributed by atoms with Gasteiger partial charge in [0.05, 0.1) is 4.90 Å². The van der Waals surface area contributed by atoms with E-state index in [-0.39, 0.29) is 10.8 Å². The number of carbonyl (C=O) groups is 1. The van der Waals surface area contributed by atoms with Crippen molar-refractivity contribution in [2.24, 2.45) is 0 Å². The first-order valence-corrected chi connectivity index (χ1v) is 11.4. The van der Waals surface area contributed by atoms with Crippen molar-refractivity contribution in [1.29, 1.82) is 0 Å². The Morgan fingerprint density at radius 2 is 1.60 bits per heavy atom. The average Bonchev–Trinajstić information content (AvgIpc) is 2.72. The Morgan fingerprint density at radius 1 is 0.867 bits per heavy atom. The van der Waals surface area contributed by atoms with Crippen LogP contribution in [0.1, 0.15) is 33.5 Å². The summed E-state index contributed by atoms with van der Waals surface area (Å²) in [6.45, 7) is 4.46. The molecule has 156 valence electrons. The topological polar surface area (TPSA) is 75.3 Å². The van der Waals surface area contributed by atoms with E-state index in [4.69, 9.17) is 0 Å². The first kappa shape index (κ1) is 21.6. The zero-order valence-corrected chi connectivity index (χ0v) is 18.0. The highest BCUT2D eigenvalue weighted by molar-refractivity contribution is 7.92. The molecule has 0 saturated carbocycles. The van der Waals surface area contributed by atoms with Crippen LogP contribution in [0.3, 0.4) is 0 Å². The van der Waals surface area contributed by atoms with Gasteiger partial charge >= 0.3 is 0 Å². The molecule has 0 aliphatic heterocycles. The van der Waals surface area contributed by atoms with E-state index in [9.17, 15) is 13.2 Å². The summed E-state index contributed by atoms with van der Waals surface area (Å²) in [5.74, 6) is -0.286. The van der Waals surface area contributed by atoms with Gasteiger partial charge in [-0.1, -0.05) is 48.0 Å². The van der Waals surface area contributed by atoms with Crippen molar-refractivity contribution in [2.75, 3.05) is 11.3 Å². The lowest BCUT2D eigenvalue weighted by Gasteiger charge is -2.10. The second-order valence-electron chi connectivity index (χ2n) is 7.35. The zero-order valence-electron chi connectivity index (χ0n) is 17.2. The summed E-state index contributed by atoms with van der Waals surface area (Å²) in [5, 5.41) is 2.86. The highest BCUT2D eigenvalue weighted by atomic mass is 32.2. The molecule has 3 aromatic carbocycles. The molecular weight excluding hydrogens is 396 g/mol. The lowest BCUT2D eigenvalue weighted by molar-refractivity contribution is 0.0953. The van der Waals surface area contributed by atoms with Crippen molar-refractivity contribution in [2.45, 2.75) is 31.6 Å². The summed E-state index contributed by atoms with van der Waals surface area (Å²) in [6, 6.07) is 21.5. The monoisotopic (exact) mass is 422 g/mol. The van der Waals surface area contributed by atoms with Gasteiger partial charge < -0.3 is 5.32 Å². The van der Waals surface area contributed by atoms with Crippen molar-refractivity contribution in [1.82, 2.24) is 5.32 Å². The van der Waals surface area contributed by atoms with Gasteiger partial charge in [-0.2, -0.15) is 0 Å². The third-order valence-corrected chi connectivity index (χ3v) is 6.10. The molecule has 0 bridgehead atoms. The average molecular weight is 423 g/mol. The summed E-state index contributed by atoms with van der Waals surface area (Å²) >= 11 is 0. The van der Waals surface area contributed by atoms with Gasteiger partial charge in [0.1, 0.15) is 0 Å². The minimum absolute atomic E-state index is 0.0521. The summed E-state index contributed by atoms with van der Waals surface area (Å²) in [6.07, 6.45) is 1.68. The van der Waals surface area contributed by atoms with E-state index in [0.29, 0.717) is 17.8 Å². The maximum Gasteiger partial charge on any atom is 0.261 e. The largest absolute Gasteiger partial charge is 0.352 e. The van der Waals surface area contributed by atoms with Gasteiger partial charge in [-0.25, -0.2) is 8.42 Å². The summed E-state index contributed by atoms with van der Waals surface area (Å²) < 4.78 is 27.9. The second-order valence-corrected chi connectivity index (χ2v) is 9.03. The molecule has 0 aliphatic rings. The minimum atomic E-state index is -3.78. The Labute approximate surface area is 178 Å². The summed E-state index contributed by atoms with van der Waals surface area (Å²) in [5.41, 5.74) is 4.20. The highest BCUT2D eigenvalue weighted by Gasteiger charge is 2.16. The third kappa shape index (κ3) is 5.94. The molecule has 5 nitrogen and oxygen atoms in total. The van der Waals surface area contributed by atoms with Gasteiger partial charge in [-0.15, -0.1) is 0 Å². The second kappa shape index (κ2) is 9.59. The van der Waals surface area contributed by atoms with Crippen LogP contribution in [0.2, 0.25) is 0 Å². The number of sulfonamides is 1. The Morgan fingerprint density at radius 3 is 2.33 bits per heavy atom. The first-order valence-electron chi connectivity index (χ1n) is 9.87. The highest BCUT2D eigenvalue weighted by Crippen LogP contribution is 2.18. The predicted octanol–water partition coefficient (Wildman–Crippen LogP) is 4.47. The number of amides is 1. The zero-order chi connectivity index (χ0) is 21.6. The molecule has 0 heterocycles. The smallest absolute Gasteiger partial charge is 0.261 e. The molecular formula is C24H26N2O3S. The Balaban J connectivity index is 1.59. The van der Waals surface area contributed by atoms with Crippen LogP contribution in [0.25, 0.3) is 0 Å². The molecule has 0 fully saturated rings. The van der Waals surface area contributed by atoms with Crippen LogP contribution in [0, 0.1) is 13.8 Å². The van der Waals surface area contributed by atoms with E-state index in [1.807, 2.05) is 13.0 Å². The van der Waals surface area contributed by atoms with Crippen molar-refractivity contribution in [3.05, 3.63) is 95.1 Å². The van der Waals surface area contributed by atoms with Crippen molar-refractivity contribution in [3.63, 3.8) is 0 Å². The minimum Gasteiger partial charge on any atom is -0.352 e. The van der Waals surface area contributed by atoms with E-state index in [0.717, 1.165) is 18.4 Å². The molecule has 0 spiro atoms. The standard InChI is InChI=1S/C24H26N2O3S/c1-18-11-13-20(14-12-18)7-5-15-25-24(27)21-8-4-10-23(17-21)30(28,29)26-22-9-3-6-19(2)16-22/h3-4,6,8-14,16-17,26H,5,7,15H2,1-2H3,(H,25,27). The quantitative estimate of drug-likeness (QED) is 0.526. The van der Waals surface area contributed by atoms with Crippen molar-refractivity contribution in [3.8, 4) is 0 Å². The number of nitrogens with one attached hydrogen (secondary N) is 2. The molecule has 3 aromatic rings. The van der Waals surface area contributed by atoms with Gasteiger partial charge in [0.2, 0.25) is 0 Å². The fraction of sp³-hybridized carbons (Fsp3) is 0.208. The van der Waals surface area contributed by atoms with Gasteiger partial charge in [-0.3, -0.25) is 9.52 Å². The Hall–Kier alpha value is -3.12. The number of hydrogen-bond donors (Lipinski definition) is 2. The van der Waals surface area contributed by atoms with E-state index in [1.54, 1.807) is 30.3 Å². The van der Waals surface area contributed by atoms with Gasteiger partial charge in [-0.05, 0) is 68.1 Å². The molecule has 3 rings (SSSR count). The van der Waals surface area contributed by atoms with Gasteiger partial charge in [0, 0.05) is 17.8 Å². The molecule has 30 heavy (non-hydrogen) atoms. The number of carbonyl (C=O) groups excluding carboxylic acids is 1. The Bertz CT molecular complexity index is 1120. The van der Waals surface area contributed by atoms with E-state index >= 15 is 0 Å². The lowest BCUT2D eigenvalue weighted by Crippen LogP contribution is -2.25. The molecule has 1 amide bonds. The molecule has 0 atom stereocenters. The van der Waals surface area contributed by atoms with Crippen LogP contribution < -0.4 is 10.0 Å². The van der Waals surface area contributed by atoms with Crippen LogP contribution in [-0.2, 0) is 16.4 Å². The molecule has 0 aromatic heterocycles. The Kier molecular flexibility index (Phi) is 6.90. The fourth-order valence-corrected chi connectivity index (χ4v) is 4.17. The molecule has 0 radical (unpaired) electrons. The lowest BCUT2D eigenvalue weighted by atomic mass is 10.1. The first-order chi connectivity index (χ1) is 14.3. The van der Waals surface area contributed by atoms with Crippen LogP contribution in [0.5, 0.6) is 0 Å². The van der Waals surface area contributed by atoms with Crippen LogP contribution in [0.4, 0.5) is 5.69 Å². The van der Waals surface area contributed by atoms with E-state index < -0.39 is 10.0 Å². The molecule has 2 N–H and O–H groups in total. The molecule has 0 aliphatic carbocycles. The van der Waals surface area contributed by atoms with E-state index in [2.05, 4.69) is 41.2 Å². The molecule has 0 unspecified atom stereocenters. The van der Waals surface area contributed by atoms with Crippen molar-refractivity contribution >= 4 is 21.6 Å². The van der Waals surface area contributed by atoms with Crippen molar-refractivity contribution < 1.29 is 13.2 Å². The summed E-state index contributed by atoms with van der Waals surface area (Å²) in [7, 11) is -3.78. The normalized spacial score (nSPS) is 11.1. The fourth-order valence-electron chi connectivity index (χ4n) is 3.08. The SMILES string of the molecule is Cc1ccc(CCCNC(=O)c2cccc(S(=O)(=O)Nc3cccc(C)c3)c2)cc1. The number of anilines is 1. The van der Waals surface area contributed by atoms with Gasteiger partial charge in [0.25, 0.3) is 15.9 Å². The third-order valence-electron chi connectivity index (χ3n) is 4.73. The molecule has 6 heteroatoms. The van der Waals surface area contributed by atoms with E-state index in [1.165, 1.54) is 23.3 Å². The number of rotatable bonds is 8. The number of aryl methyl sites for hydroxylation is 3. The van der Waals surface area contributed by atoms with Gasteiger partial charge in [0.15, 0.2) is 0 Å². The van der Waals surface area contributed by atoms with Crippen LogP contribution in [-0.4, -0.2) is 20.9 Å².